The zero-order valence-corrected chi connectivity index (χ0v) is 11.0. The Morgan fingerprint density at radius 1 is 1.35 bits per heavy atom. The highest BCUT2D eigenvalue weighted by Gasteiger charge is 2.28. The van der Waals surface area contributed by atoms with Gasteiger partial charge in [-0.25, -0.2) is 13.1 Å². The smallest absolute Gasteiger partial charge is 0.241 e. The number of rotatable bonds is 5. The van der Waals surface area contributed by atoms with Crippen molar-refractivity contribution < 1.29 is 8.42 Å². The first-order valence-corrected chi connectivity index (χ1v) is 7.28. The molecule has 0 saturated heterocycles. The van der Waals surface area contributed by atoms with Crippen LogP contribution >= 0.6 is 0 Å². The summed E-state index contributed by atoms with van der Waals surface area (Å²) in [5, 5.41) is 3.02. The summed E-state index contributed by atoms with van der Waals surface area (Å²) < 4.78 is 27.0. The van der Waals surface area contributed by atoms with Crippen LogP contribution in [0.5, 0.6) is 0 Å². The maximum absolute atomic E-state index is 12.1. The van der Waals surface area contributed by atoms with Gasteiger partial charge in [-0.3, -0.25) is 0 Å². The maximum atomic E-state index is 12.1. The van der Waals surface area contributed by atoms with E-state index in [0.717, 1.165) is 24.0 Å². The van der Waals surface area contributed by atoms with Crippen LogP contribution in [0, 0.1) is 6.92 Å². The molecule has 0 radical (unpaired) electrons. The lowest BCUT2D eigenvalue weighted by Gasteiger charge is -2.10. The van der Waals surface area contributed by atoms with Crippen molar-refractivity contribution in [1.82, 2.24) is 10.0 Å². The molecule has 1 fully saturated rings. The first kappa shape index (κ1) is 12.5. The van der Waals surface area contributed by atoms with Gasteiger partial charge in [-0.05, 0) is 44.0 Å². The molecule has 1 aromatic carbocycles. The van der Waals surface area contributed by atoms with Crippen molar-refractivity contribution in [3.05, 3.63) is 29.3 Å². The zero-order valence-electron chi connectivity index (χ0n) is 10.2. The average Bonchev–Trinajstić information content (AvgIpc) is 3.04. The van der Waals surface area contributed by atoms with E-state index in [9.17, 15) is 8.42 Å². The lowest BCUT2D eigenvalue weighted by molar-refractivity contribution is 0.580. The van der Waals surface area contributed by atoms with E-state index in [1.165, 1.54) is 0 Å². The molecule has 0 heterocycles. The van der Waals surface area contributed by atoms with E-state index in [1.54, 1.807) is 6.07 Å². The molecule has 17 heavy (non-hydrogen) atoms. The summed E-state index contributed by atoms with van der Waals surface area (Å²) >= 11 is 0. The molecule has 1 aliphatic carbocycles. The Balaban J connectivity index is 2.31. The number of hydrogen-bond donors (Lipinski definition) is 2. The van der Waals surface area contributed by atoms with Crippen molar-refractivity contribution in [3.8, 4) is 0 Å². The van der Waals surface area contributed by atoms with Gasteiger partial charge in [0.25, 0.3) is 0 Å². The standard InChI is InChI=1S/C12H18N2O2S/c1-9-3-4-10(8-13-2)7-12(9)17(15,16)14-11-5-6-11/h3-4,7,11,13-14H,5-6,8H2,1-2H3. The number of sulfonamides is 1. The topological polar surface area (TPSA) is 58.2 Å². The second kappa shape index (κ2) is 4.76. The Morgan fingerprint density at radius 2 is 2.06 bits per heavy atom. The fraction of sp³-hybridized carbons (Fsp3) is 0.500. The SMILES string of the molecule is CNCc1ccc(C)c(S(=O)(=O)NC2CC2)c1. The highest BCUT2D eigenvalue weighted by Crippen LogP contribution is 2.24. The molecular weight excluding hydrogens is 236 g/mol. The van der Waals surface area contributed by atoms with Gasteiger partial charge in [0.1, 0.15) is 0 Å². The molecule has 0 amide bonds. The molecule has 0 atom stereocenters. The third-order valence-corrected chi connectivity index (χ3v) is 4.48. The third-order valence-electron chi connectivity index (χ3n) is 2.82. The van der Waals surface area contributed by atoms with Crippen LogP contribution < -0.4 is 10.0 Å². The fourth-order valence-electron chi connectivity index (χ4n) is 1.73. The lowest BCUT2D eigenvalue weighted by atomic mass is 10.1. The Kier molecular flexibility index (Phi) is 3.51. The van der Waals surface area contributed by atoms with Crippen LogP contribution in [-0.2, 0) is 16.6 Å². The first-order valence-electron chi connectivity index (χ1n) is 5.79. The second-order valence-corrected chi connectivity index (χ2v) is 6.21. The summed E-state index contributed by atoms with van der Waals surface area (Å²) in [7, 11) is -1.50. The summed E-state index contributed by atoms with van der Waals surface area (Å²) in [4.78, 5) is 0.400. The van der Waals surface area contributed by atoms with Gasteiger partial charge in [0.2, 0.25) is 10.0 Å². The van der Waals surface area contributed by atoms with Gasteiger partial charge in [0.15, 0.2) is 0 Å². The normalized spacial score (nSPS) is 16.1. The minimum Gasteiger partial charge on any atom is -0.316 e. The molecule has 2 rings (SSSR count). The second-order valence-electron chi connectivity index (χ2n) is 4.53. The predicted octanol–water partition coefficient (Wildman–Crippen LogP) is 1.16. The molecule has 0 bridgehead atoms. The predicted molar refractivity (Wildman–Crippen MR) is 67.3 cm³/mol. The molecule has 1 saturated carbocycles. The summed E-state index contributed by atoms with van der Waals surface area (Å²) in [6, 6.07) is 5.69. The maximum Gasteiger partial charge on any atom is 0.241 e. The van der Waals surface area contributed by atoms with Gasteiger partial charge in [0.05, 0.1) is 4.90 Å². The van der Waals surface area contributed by atoms with E-state index in [0.29, 0.717) is 11.4 Å². The van der Waals surface area contributed by atoms with E-state index >= 15 is 0 Å². The molecule has 5 heteroatoms. The van der Waals surface area contributed by atoms with Crippen LogP contribution in [0.25, 0.3) is 0 Å². The van der Waals surface area contributed by atoms with Gasteiger partial charge < -0.3 is 5.32 Å². The van der Waals surface area contributed by atoms with Crippen LogP contribution in [0.15, 0.2) is 23.1 Å². The molecule has 0 unspecified atom stereocenters. The largest absolute Gasteiger partial charge is 0.316 e. The van der Waals surface area contributed by atoms with Gasteiger partial charge in [-0.2, -0.15) is 0 Å². The highest BCUT2D eigenvalue weighted by atomic mass is 32.2. The van der Waals surface area contributed by atoms with E-state index in [4.69, 9.17) is 0 Å². The van der Waals surface area contributed by atoms with E-state index < -0.39 is 10.0 Å². The average molecular weight is 254 g/mol. The number of benzene rings is 1. The number of nitrogens with one attached hydrogen (secondary N) is 2. The third kappa shape index (κ3) is 3.06. The Labute approximate surface area is 102 Å². The summed E-state index contributed by atoms with van der Waals surface area (Å²) in [6.45, 7) is 2.50. The molecule has 0 aliphatic heterocycles. The monoisotopic (exact) mass is 254 g/mol. The molecule has 94 valence electrons. The van der Waals surface area contributed by atoms with Gasteiger partial charge >= 0.3 is 0 Å². The van der Waals surface area contributed by atoms with Crippen molar-refractivity contribution in [1.29, 1.82) is 0 Å². The number of aryl methyl sites for hydroxylation is 1. The molecule has 4 nitrogen and oxygen atoms in total. The molecular formula is C12H18N2O2S. The van der Waals surface area contributed by atoms with Crippen LogP contribution in [-0.4, -0.2) is 21.5 Å². The van der Waals surface area contributed by atoms with Crippen LogP contribution in [0.4, 0.5) is 0 Å². The zero-order chi connectivity index (χ0) is 12.5. The summed E-state index contributed by atoms with van der Waals surface area (Å²) in [5.41, 5.74) is 1.77. The molecule has 0 spiro atoms. The van der Waals surface area contributed by atoms with Gasteiger partial charge in [-0.15, -0.1) is 0 Å². The number of hydrogen-bond acceptors (Lipinski definition) is 3. The van der Waals surface area contributed by atoms with Crippen LogP contribution in [0.2, 0.25) is 0 Å². The van der Waals surface area contributed by atoms with Crippen molar-refractivity contribution in [2.24, 2.45) is 0 Å². The molecule has 0 aromatic heterocycles. The Morgan fingerprint density at radius 3 is 2.65 bits per heavy atom. The van der Waals surface area contributed by atoms with Gasteiger partial charge in [-0.1, -0.05) is 12.1 Å². The van der Waals surface area contributed by atoms with Crippen LogP contribution in [0.3, 0.4) is 0 Å². The molecule has 1 aliphatic rings. The van der Waals surface area contributed by atoms with Gasteiger partial charge in [0, 0.05) is 12.6 Å². The molecule has 1 aromatic rings. The van der Waals surface area contributed by atoms with Crippen molar-refractivity contribution in [2.45, 2.75) is 37.2 Å². The summed E-state index contributed by atoms with van der Waals surface area (Å²) in [5.74, 6) is 0. The van der Waals surface area contributed by atoms with E-state index in [1.807, 2.05) is 26.1 Å². The Bertz CT molecular complexity index is 507. The van der Waals surface area contributed by atoms with E-state index in [-0.39, 0.29) is 6.04 Å². The van der Waals surface area contributed by atoms with Crippen LogP contribution in [0.1, 0.15) is 24.0 Å². The van der Waals surface area contributed by atoms with Crippen molar-refractivity contribution in [3.63, 3.8) is 0 Å². The summed E-state index contributed by atoms with van der Waals surface area (Å²) in [6.07, 6.45) is 1.91. The Hall–Kier alpha value is -0.910. The highest BCUT2D eigenvalue weighted by molar-refractivity contribution is 7.89. The minimum atomic E-state index is -3.35. The molecule has 2 N–H and O–H groups in total. The lowest BCUT2D eigenvalue weighted by Crippen LogP contribution is -2.26. The van der Waals surface area contributed by atoms with E-state index in [2.05, 4.69) is 10.0 Å². The van der Waals surface area contributed by atoms with Crippen molar-refractivity contribution in [2.75, 3.05) is 7.05 Å². The first-order chi connectivity index (χ1) is 8.03. The minimum absolute atomic E-state index is 0.146. The quantitative estimate of drug-likeness (QED) is 0.829. The fourth-order valence-corrected chi connectivity index (χ4v) is 3.33. The van der Waals surface area contributed by atoms with Crippen molar-refractivity contribution >= 4 is 10.0 Å².